The van der Waals surface area contributed by atoms with E-state index in [9.17, 15) is 5.11 Å². The van der Waals surface area contributed by atoms with E-state index in [-0.39, 0.29) is 0 Å². The molecular weight excluding hydrogens is 202 g/mol. The van der Waals surface area contributed by atoms with Crippen molar-refractivity contribution in [2.45, 2.75) is 13.0 Å². The third-order valence-corrected chi connectivity index (χ3v) is 2.73. The van der Waals surface area contributed by atoms with Gasteiger partial charge in [0.1, 0.15) is 6.33 Å². The first kappa shape index (κ1) is 9.30. The van der Waals surface area contributed by atoms with Gasteiger partial charge < -0.3 is 5.11 Å². The van der Waals surface area contributed by atoms with E-state index in [2.05, 4.69) is 10.1 Å². The van der Waals surface area contributed by atoms with Gasteiger partial charge in [-0.15, -0.1) is 0 Å². The van der Waals surface area contributed by atoms with Crippen LogP contribution in [0.5, 0.6) is 0 Å². The molecule has 0 saturated carbocycles. The van der Waals surface area contributed by atoms with Crippen LogP contribution in [0, 0.1) is 0 Å². The van der Waals surface area contributed by atoms with Gasteiger partial charge in [0.25, 0.3) is 0 Å². The zero-order valence-corrected chi connectivity index (χ0v) is 8.83. The Hall–Kier alpha value is -1.94. The largest absolute Gasteiger partial charge is 0.387 e. The van der Waals surface area contributed by atoms with Crippen molar-refractivity contribution in [3.63, 3.8) is 0 Å². The maximum Gasteiger partial charge on any atom is 0.163 e. The Morgan fingerprint density at radius 1 is 1.31 bits per heavy atom. The molecule has 0 fully saturated rings. The zero-order valence-electron chi connectivity index (χ0n) is 8.83. The summed E-state index contributed by atoms with van der Waals surface area (Å²) < 4.78 is 1.69. The molecule has 0 spiro atoms. The number of benzene rings is 1. The Morgan fingerprint density at radius 2 is 2.12 bits per heavy atom. The van der Waals surface area contributed by atoms with Crippen LogP contribution in [-0.2, 0) is 0 Å². The molecule has 4 nitrogen and oxygen atoms in total. The lowest BCUT2D eigenvalue weighted by Crippen LogP contribution is -2.03. The summed E-state index contributed by atoms with van der Waals surface area (Å²) in [6.45, 7) is 1.73. The smallest absolute Gasteiger partial charge is 0.163 e. The van der Waals surface area contributed by atoms with Crippen molar-refractivity contribution in [1.29, 1.82) is 0 Å². The van der Waals surface area contributed by atoms with Gasteiger partial charge in [-0.2, -0.15) is 5.10 Å². The van der Waals surface area contributed by atoms with Gasteiger partial charge in [0.2, 0.25) is 0 Å². The monoisotopic (exact) mass is 213 g/mol. The van der Waals surface area contributed by atoms with E-state index in [0.717, 1.165) is 22.1 Å². The third-order valence-electron chi connectivity index (χ3n) is 2.73. The van der Waals surface area contributed by atoms with Crippen molar-refractivity contribution in [2.75, 3.05) is 0 Å². The van der Waals surface area contributed by atoms with E-state index in [1.54, 1.807) is 11.4 Å². The predicted molar refractivity (Wildman–Crippen MR) is 61.1 cm³/mol. The van der Waals surface area contributed by atoms with Crippen molar-refractivity contribution in [2.24, 2.45) is 0 Å². The Bertz CT molecular complexity index is 657. The van der Waals surface area contributed by atoms with E-state index < -0.39 is 6.10 Å². The van der Waals surface area contributed by atoms with Crippen molar-refractivity contribution in [3.8, 4) is 0 Å². The van der Waals surface area contributed by atoms with Crippen molar-refractivity contribution >= 4 is 16.4 Å². The van der Waals surface area contributed by atoms with Crippen LogP contribution in [0.2, 0.25) is 0 Å². The van der Waals surface area contributed by atoms with E-state index >= 15 is 0 Å². The van der Waals surface area contributed by atoms with Gasteiger partial charge in [-0.1, -0.05) is 24.3 Å². The summed E-state index contributed by atoms with van der Waals surface area (Å²) in [5.41, 5.74) is 1.54. The molecule has 0 saturated heterocycles. The first-order valence-electron chi connectivity index (χ1n) is 5.17. The Morgan fingerprint density at radius 3 is 2.94 bits per heavy atom. The first-order chi connectivity index (χ1) is 7.77. The summed E-state index contributed by atoms with van der Waals surface area (Å²) in [5.74, 6) is 0. The maximum absolute atomic E-state index is 9.71. The molecule has 0 aliphatic heterocycles. The first-order valence-corrected chi connectivity index (χ1v) is 5.17. The van der Waals surface area contributed by atoms with Gasteiger partial charge in [-0.05, 0) is 18.4 Å². The number of aliphatic hydroxyl groups excluding tert-OH is 1. The molecule has 1 N–H and O–H groups in total. The van der Waals surface area contributed by atoms with Crippen LogP contribution >= 0.6 is 0 Å². The van der Waals surface area contributed by atoms with Gasteiger partial charge in [0, 0.05) is 5.39 Å². The number of hydrogen-bond acceptors (Lipinski definition) is 3. The molecule has 2 aromatic heterocycles. The minimum atomic E-state index is -0.561. The fourth-order valence-corrected chi connectivity index (χ4v) is 1.96. The minimum Gasteiger partial charge on any atom is -0.387 e. The number of fused-ring (bicyclic) bond motifs is 3. The second kappa shape index (κ2) is 3.28. The van der Waals surface area contributed by atoms with E-state index in [1.807, 2.05) is 30.3 Å². The predicted octanol–water partition coefficient (Wildman–Crippen LogP) is 1.94. The van der Waals surface area contributed by atoms with E-state index in [4.69, 9.17) is 0 Å². The molecular formula is C12H11N3O. The molecule has 4 heteroatoms. The fraction of sp³-hybridized carbons (Fsp3) is 0.167. The van der Waals surface area contributed by atoms with Gasteiger partial charge >= 0.3 is 0 Å². The van der Waals surface area contributed by atoms with Crippen LogP contribution in [0.15, 0.2) is 36.7 Å². The Balaban J connectivity index is 2.53. The molecule has 0 radical (unpaired) electrons. The molecule has 3 rings (SSSR count). The van der Waals surface area contributed by atoms with Crippen LogP contribution < -0.4 is 0 Å². The van der Waals surface area contributed by atoms with Crippen molar-refractivity contribution in [1.82, 2.24) is 14.6 Å². The molecule has 3 aromatic rings. The lowest BCUT2D eigenvalue weighted by Gasteiger charge is -2.09. The van der Waals surface area contributed by atoms with Gasteiger partial charge in [0.15, 0.2) is 5.65 Å². The average molecular weight is 213 g/mol. The molecule has 0 aliphatic carbocycles. The zero-order chi connectivity index (χ0) is 11.1. The number of rotatable bonds is 1. The van der Waals surface area contributed by atoms with Gasteiger partial charge in [0.05, 0.1) is 11.8 Å². The topological polar surface area (TPSA) is 50.4 Å². The fourth-order valence-electron chi connectivity index (χ4n) is 1.96. The van der Waals surface area contributed by atoms with E-state index in [0.29, 0.717) is 0 Å². The Labute approximate surface area is 92.2 Å². The second-order valence-electron chi connectivity index (χ2n) is 3.83. The summed E-state index contributed by atoms with van der Waals surface area (Å²) in [4.78, 5) is 4.23. The number of nitrogens with zero attached hydrogens (tertiary/aromatic N) is 3. The quantitative estimate of drug-likeness (QED) is 0.672. The molecule has 0 amide bonds. The van der Waals surface area contributed by atoms with Gasteiger partial charge in [-0.25, -0.2) is 9.50 Å². The summed E-state index contributed by atoms with van der Waals surface area (Å²) in [5, 5.41) is 16.0. The normalized spacial score (nSPS) is 13.4. The summed E-state index contributed by atoms with van der Waals surface area (Å²) in [7, 11) is 0. The number of hydrogen-bond donors (Lipinski definition) is 1. The van der Waals surface area contributed by atoms with Crippen molar-refractivity contribution in [3.05, 3.63) is 42.4 Å². The third kappa shape index (κ3) is 1.20. The van der Waals surface area contributed by atoms with E-state index in [1.165, 1.54) is 6.33 Å². The van der Waals surface area contributed by atoms with Crippen LogP contribution in [0.25, 0.3) is 16.4 Å². The number of pyridine rings is 1. The van der Waals surface area contributed by atoms with Crippen LogP contribution in [0.1, 0.15) is 18.7 Å². The summed E-state index contributed by atoms with van der Waals surface area (Å²) in [6, 6.07) is 9.91. The lowest BCUT2D eigenvalue weighted by molar-refractivity contribution is 0.191. The number of aliphatic hydroxyl groups is 1. The highest BCUT2D eigenvalue weighted by molar-refractivity contribution is 5.94. The average Bonchev–Trinajstić information content (AvgIpc) is 2.76. The molecule has 2 heterocycles. The lowest BCUT2D eigenvalue weighted by atomic mass is 10.1. The highest BCUT2D eigenvalue weighted by Gasteiger charge is 2.11. The minimum absolute atomic E-state index is 0.561. The number of aromatic nitrogens is 3. The SMILES string of the molecule is CC(O)c1cc2ccccc2c2ncnn12. The second-order valence-corrected chi connectivity index (χ2v) is 3.83. The van der Waals surface area contributed by atoms with Crippen LogP contribution in [0.3, 0.4) is 0 Å². The molecule has 16 heavy (non-hydrogen) atoms. The molecule has 1 aromatic carbocycles. The highest BCUT2D eigenvalue weighted by Crippen LogP contribution is 2.23. The maximum atomic E-state index is 9.71. The molecule has 1 unspecified atom stereocenters. The standard InChI is InChI=1S/C12H11N3O/c1-8(16)11-6-9-4-2-3-5-10(9)12-13-7-14-15(11)12/h2-8,16H,1H3. The van der Waals surface area contributed by atoms with Crippen LogP contribution in [-0.4, -0.2) is 19.7 Å². The Kier molecular flexibility index (Phi) is 1.91. The summed E-state index contributed by atoms with van der Waals surface area (Å²) >= 11 is 0. The molecule has 0 aliphatic rings. The molecule has 0 bridgehead atoms. The van der Waals surface area contributed by atoms with Crippen molar-refractivity contribution < 1.29 is 5.11 Å². The molecule has 1 atom stereocenters. The highest BCUT2D eigenvalue weighted by atomic mass is 16.3. The van der Waals surface area contributed by atoms with Gasteiger partial charge in [-0.3, -0.25) is 0 Å². The summed E-state index contributed by atoms with van der Waals surface area (Å²) in [6.07, 6.45) is 0.946. The molecule has 80 valence electrons. The van der Waals surface area contributed by atoms with Crippen LogP contribution in [0.4, 0.5) is 0 Å².